The number of halogens is 1. The van der Waals surface area contributed by atoms with Gasteiger partial charge in [0, 0.05) is 33.3 Å². The summed E-state index contributed by atoms with van der Waals surface area (Å²) in [4.78, 5) is 12.5. The van der Waals surface area contributed by atoms with Gasteiger partial charge in [0.05, 0.1) is 6.04 Å². The van der Waals surface area contributed by atoms with Gasteiger partial charge in [0.2, 0.25) is 0 Å². The molecule has 0 spiro atoms. The van der Waals surface area contributed by atoms with Crippen LogP contribution in [-0.4, -0.2) is 23.4 Å². The molecule has 96 valence electrons. The first-order valence-electron chi connectivity index (χ1n) is 6.04. The van der Waals surface area contributed by atoms with Gasteiger partial charge in [0.1, 0.15) is 0 Å². The summed E-state index contributed by atoms with van der Waals surface area (Å²) in [6.07, 6.45) is 2.73. The monoisotopic (exact) mass is 356 g/mol. The number of hydrogen-bond acceptors (Lipinski definition) is 2. The van der Waals surface area contributed by atoms with Crippen LogP contribution in [0.1, 0.15) is 23.7 Å². The second-order valence-corrected chi connectivity index (χ2v) is 5.67. The number of hydrogen-bond donors (Lipinski definition) is 1. The zero-order valence-corrected chi connectivity index (χ0v) is 13.0. The highest BCUT2D eigenvalue weighted by Gasteiger charge is 2.20. The molecule has 18 heavy (non-hydrogen) atoms. The summed E-state index contributed by atoms with van der Waals surface area (Å²) in [5, 5.41) is 4.12. The molecule has 0 bridgehead atoms. The summed E-state index contributed by atoms with van der Waals surface area (Å²) in [5.41, 5.74) is 1.91. The highest BCUT2D eigenvalue weighted by molar-refractivity contribution is 14.1. The summed E-state index contributed by atoms with van der Waals surface area (Å²) < 4.78 is 3.17. The summed E-state index contributed by atoms with van der Waals surface area (Å²) >= 11 is 2.28. The van der Waals surface area contributed by atoms with Gasteiger partial charge in [-0.2, -0.15) is 0 Å². The Hall–Kier alpha value is -0.880. The maximum Gasteiger partial charge on any atom is 0.181 e. The minimum atomic E-state index is -0.103. The summed E-state index contributed by atoms with van der Waals surface area (Å²) in [7, 11) is 3.81. The van der Waals surface area contributed by atoms with E-state index in [9.17, 15) is 4.79 Å². The van der Waals surface area contributed by atoms with Crippen LogP contribution in [0.25, 0.3) is 10.9 Å². The van der Waals surface area contributed by atoms with Crippen molar-refractivity contribution in [3.8, 4) is 0 Å². The smallest absolute Gasteiger partial charge is 0.181 e. The molecule has 0 saturated carbocycles. The Morgan fingerprint density at radius 2 is 2.22 bits per heavy atom. The molecule has 0 aliphatic rings. The van der Waals surface area contributed by atoms with Crippen molar-refractivity contribution in [1.82, 2.24) is 9.88 Å². The zero-order valence-electron chi connectivity index (χ0n) is 10.8. The van der Waals surface area contributed by atoms with Gasteiger partial charge in [-0.15, -0.1) is 0 Å². The van der Waals surface area contributed by atoms with E-state index in [0.717, 1.165) is 26.5 Å². The maximum atomic E-state index is 12.5. The van der Waals surface area contributed by atoms with E-state index in [4.69, 9.17) is 0 Å². The molecule has 0 radical (unpaired) electrons. The van der Waals surface area contributed by atoms with Crippen molar-refractivity contribution in [2.45, 2.75) is 19.4 Å². The first-order valence-corrected chi connectivity index (χ1v) is 7.12. The normalized spacial score (nSPS) is 12.9. The van der Waals surface area contributed by atoms with Crippen molar-refractivity contribution in [3.63, 3.8) is 0 Å². The van der Waals surface area contributed by atoms with Crippen LogP contribution in [0.4, 0.5) is 0 Å². The van der Waals surface area contributed by atoms with Gasteiger partial charge in [-0.25, -0.2) is 0 Å². The molecule has 1 atom stereocenters. The molecule has 0 fully saturated rings. The van der Waals surface area contributed by atoms with E-state index in [-0.39, 0.29) is 11.8 Å². The van der Waals surface area contributed by atoms with Crippen LogP contribution < -0.4 is 5.32 Å². The fraction of sp³-hybridized carbons (Fsp3) is 0.357. The maximum absolute atomic E-state index is 12.5. The summed E-state index contributed by atoms with van der Waals surface area (Å²) in [6, 6.07) is 6.10. The van der Waals surface area contributed by atoms with E-state index in [0.29, 0.717) is 0 Å². The minimum Gasteiger partial charge on any atom is -0.350 e. The Morgan fingerprint density at radius 1 is 1.50 bits per heavy atom. The van der Waals surface area contributed by atoms with Crippen molar-refractivity contribution >= 4 is 39.3 Å². The number of aryl methyl sites for hydroxylation is 1. The van der Waals surface area contributed by atoms with Crippen molar-refractivity contribution in [2.75, 3.05) is 7.05 Å². The molecule has 0 aliphatic carbocycles. The average Bonchev–Trinajstić information content (AvgIpc) is 2.67. The molecule has 4 heteroatoms. The predicted octanol–water partition coefficient (Wildman–Crippen LogP) is 2.96. The quantitative estimate of drug-likeness (QED) is 0.675. The lowest BCUT2D eigenvalue weighted by Gasteiger charge is -2.11. The summed E-state index contributed by atoms with van der Waals surface area (Å²) in [5.74, 6) is 0.174. The SMILES string of the molecule is CCC(NC)C(=O)c1cn(C)c2ccc(I)cc12. The van der Waals surface area contributed by atoms with Crippen LogP contribution in [0.15, 0.2) is 24.4 Å². The third-order valence-electron chi connectivity index (χ3n) is 3.29. The van der Waals surface area contributed by atoms with Crippen LogP contribution in [0, 0.1) is 3.57 Å². The molecule has 1 aromatic carbocycles. The number of carbonyl (C=O) groups excluding carboxylic acids is 1. The van der Waals surface area contributed by atoms with E-state index < -0.39 is 0 Å². The van der Waals surface area contributed by atoms with Gasteiger partial charge in [0.15, 0.2) is 5.78 Å². The van der Waals surface area contributed by atoms with E-state index in [2.05, 4.69) is 46.1 Å². The number of aromatic nitrogens is 1. The van der Waals surface area contributed by atoms with Crippen molar-refractivity contribution < 1.29 is 4.79 Å². The first kappa shape index (κ1) is 13.5. The van der Waals surface area contributed by atoms with Crippen molar-refractivity contribution in [3.05, 3.63) is 33.5 Å². The standard InChI is InChI=1S/C14H17IN2O/c1-4-12(16-2)14(18)11-8-17(3)13-6-5-9(15)7-10(11)13/h5-8,12,16H,4H2,1-3H3. The van der Waals surface area contributed by atoms with E-state index in [1.165, 1.54) is 0 Å². The van der Waals surface area contributed by atoms with Crippen LogP contribution in [0.3, 0.4) is 0 Å². The minimum absolute atomic E-state index is 0.103. The van der Waals surface area contributed by atoms with Crippen molar-refractivity contribution in [1.29, 1.82) is 0 Å². The number of carbonyl (C=O) groups is 1. The predicted molar refractivity (Wildman–Crippen MR) is 83.1 cm³/mol. The van der Waals surface area contributed by atoms with Gasteiger partial charge in [-0.05, 0) is 54.3 Å². The molecule has 1 heterocycles. The lowest BCUT2D eigenvalue weighted by atomic mass is 10.0. The molecular weight excluding hydrogens is 339 g/mol. The highest BCUT2D eigenvalue weighted by atomic mass is 127. The molecule has 2 aromatic rings. The number of likely N-dealkylation sites (N-methyl/N-ethyl adjacent to an activating group) is 1. The molecule has 1 unspecified atom stereocenters. The molecule has 0 amide bonds. The van der Waals surface area contributed by atoms with Crippen LogP contribution in [-0.2, 0) is 7.05 Å². The largest absolute Gasteiger partial charge is 0.350 e. The molecule has 2 rings (SSSR count). The van der Waals surface area contributed by atoms with Crippen molar-refractivity contribution in [2.24, 2.45) is 7.05 Å². The number of nitrogens with one attached hydrogen (secondary N) is 1. The first-order chi connectivity index (χ1) is 8.58. The fourth-order valence-corrected chi connectivity index (χ4v) is 2.76. The highest BCUT2D eigenvalue weighted by Crippen LogP contribution is 2.24. The fourth-order valence-electron chi connectivity index (χ4n) is 2.27. The van der Waals surface area contributed by atoms with Crippen LogP contribution in [0.2, 0.25) is 0 Å². The number of Topliss-reactive ketones (excluding diaryl/α,β-unsaturated/α-hetero) is 1. The van der Waals surface area contributed by atoms with Gasteiger partial charge < -0.3 is 9.88 Å². The number of benzene rings is 1. The van der Waals surface area contributed by atoms with Gasteiger partial charge in [-0.1, -0.05) is 6.92 Å². The van der Waals surface area contributed by atoms with E-state index in [1.54, 1.807) is 0 Å². The molecule has 3 nitrogen and oxygen atoms in total. The number of nitrogens with zero attached hydrogens (tertiary/aromatic N) is 1. The molecular formula is C14H17IN2O. The Bertz CT molecular complexity index is 585. The Balaban J connectivity index is 2.57. The zero-order chi connectivity index (χ0) is 13.3. The van der Waals surface area contributed by atoms with Crippen LogP contribution in [0.5, 0.6) is 0 Å². The second-order valence-electron chi connectivity index (χ2n) is 4.43. The lowest BCUT2D eigenvalue weighted by Crippen LogP contribution is -2.33. The third-order valence-corrected chi connectivity index (χ3v) is 3.96. The van der Waals surface area contributed by atoms with E-state index >= 15 is 0 Å². The van der Waals surface area contributed by atoms with Gasteiger partial charge >= 0.3 is 0 Å². The third kappa shape index (κ3) is 2.31. The Morgan fingerprint density at radius 3 is 2.83 bits per heavy atom. The van der Waals surface area contributed by atoms with Crippen LogP contribution >= 0.6 is 22.6 Å². The van der Waals surface area contributed by atoms with Gasteiger partial charge in [0.25, 0.3) is 0 Å². The van der Waals surface area contributed by atoms with Gasteiger partial charge in [-0.3, -0.25) is 4.79 Å². The number of fused-ring (bicyclic) bond motifs is 1. The second kappa shape index (κ2) is 5.40. The lowest BCUT2D eigenvalue weighted by molar-refractivity contribution is 0.0946. The Kier molecular flexibility index (Phi) is 4.07. The molecule has 1 N–H and O–H groups in total. The molecule has 1 aromatic heterocycles. The van der Waals surface area contributed by atoms with E-state index in [1.807, 2.05) is 31.8 Å². The average molecular weight is 356 g/mol. The summed E-state index contributed by atoms with van der Waals surface area (Å²) in [6.45, 7) is 2.02. The number of ketones is 1. The molecule has 0 saturated heterocycles. The number of rotatable bonds is 4. The topological polar surface area (TPSA) is 34.0 Å². The Labute approximate surface area is 121 Å². The molecule has 0 aliphatic heterocycles.